The molecule has 3 heteroatoms. The van der Waals surface area contributed by atoms with Crippen LogP contribution in [0.25, 0.3) is 0 Å². The highest BCUT2D eigenvalue weighted by atomic mass is 16.6. The van der Waals surface area contributed by atoms with Crippen LogP contribution in [0.2, 0.25) is 0 Å². The van der Waals surface area contributed by atoms with Crippen LogP contribution in [-0.2, 0) is 9.53 Å². The molecule has 1 N–H and O–H groups in total. The maximum absolute atomic E-state index is 9.68. The van der Waals surface area contributed by atoms with Gasteiger partial charge in [-0.3, -0.25) is 10.2 Å². The molecule has 0 saturated carbocycles. The second kappa shape index (κ2) is 4.09. The molecule has 0 aromatic carbocycles. The molecule has 0 spiro atoms. The summed E-state index contributed by atoms with van der Waals surface area (Å²) in [5.41, 5.74) is 0. The van der Waals surface area contributed by atoms with Gasteiger partial charge < -0.3 is 4.74 Å². The topological polar surface area (TPSA) is 50.2 Å². The van der Waals surface area contributed by atoms with E-state index >= 15 is 0 Å². The molecule has 0 aromatic rings. The lowest BCUT2D eigenvalue weighted by atomic mass is 10.4. The van der Waals surface area contributed by atoms with E-state index in [0.29, 0.717) is 13.0 Å². The quantitative estimate of drug-likeness (QED) is 0.364. The fourth-order valence-corrected chi connectivity index (χ4v) is 0.185. The predicted octanol–water partition coefficient (Wildman–Crippen LogP) is 0.354. The van der Waals surface area contributed by atoms with Gasteiger partial charge in [-0.25, -0.2) is 0 Å². The highest BCUT2D eigenvalue weighted by Crippen LogP contribution is 1.97. The van der Waals surface area contributed by atoms with Gasteiger partial charge in [-0.15, -0.1) is 0 Å². The van der Waals surface area contributed by atoms with Gasteiger partial charge in [0.05, 0.1) is 6.42 Å². The Morgan fingerprint density at radius 1 is 1.88 bits per heavy atom. The van der Waals surface area contributed by atoms with E-state index in [1.54, 1.807) is 5.87 Å². The van der Waals surface area contributed by atoms with E-state index in [1.165, 1.54) is 0 Å². The molecule has 0 aromatic heterocycles. The fourth-order valence-electron chi connectivity index (χ4n) is 0.185. The molecule has 1 fully saturated rings. The molecule has 1 saturated heterocycles. The summed E-state index contributed by atoms with van der Waals surface area (Å²) in [6.45, 7) is 3.54. The third-order valence-corrected chi connectivity index (χ3v) is 0.569. The Kier molecular flexibility index (Phi) is 3.54. The lowest BCUT2D eigenvalue weighted by molar-refractivity contribution is -0.157. The van der Waals surface area contributed by atoms with Gasteiger partial charge in [0.1, 0.15) is 6.61 Å². The van der Waals surface area contributed by atoms with Crippen LogP contribution in [0.15, 0.2) is 6.58 Å². The number of cyclic esters (lactones) is 1. The first-order chi connectivity index (χ1) is 3.81. The third kappa shape index (κ3) is 3.12. The van der Waals surface area contributed by atoms with Crippen LogP contribution < -0.4 is 0 Å². The Morgan fingerprint density at radius 3 is 2.12 bits per heavy atom. The van der Waals surface area contributed by atoms with E-state index in [9.17, 15) is 4.79 Å². The van der Waals surface area contributed by atoms with E-state index < -0.39 is 0 Å². The van der Waals surface area contributed by atoms with Crippen LogP contribution in [0.3, 0.4) is 0 Å². The number of nitrogens with one attached hydrogen (secondary N) is 1. The highest BCUT2D eigenvalue weighted by Gasteiger charge is 2.10. The van der Waals surface area contributed by atoms with Gasteiger partial charge in [-0.05, 0) is 12.4 Å². The summed E-state index contributed by atoms with van der Waals surface area (Å²) in [6, 6.07) is 0. The molecule has 0 amide bonds. The van der Waals surface area contributed by atoms with Crippen LogP contribution in [0.4, 0.5) is 0 Å². The summed E-state index contributed by atoms with van der Waals surface area (Å²) in [7, 11) is 0. The van der Waals surface area contributed by atoms with Crippen molar-refractivity contribution in [1.82, 2.24) is 0 Å². The molecule has 0 aliphatic carbocycles. The average molecular weight is 113 g/mol. The third-order valence-electron chi connectivity index (χ3n) is 0.569. The van der Waals surface area contributed by atoms with Crippen molar-refractivity contribution < 1.29 is 9.53 Å². The zero-order valence-corrected chi connectivity index (χ0v) is 4.44. The van der Waals surface area contributed by atoms with Crippen molar-refractivity contribution >= 4 is 11.8 Å². The zero-order chi connectivity index (χ0) is 6.41. The fraction of sp³-hybridized carbons (Fsp3) is 0.400. The van der Waals surface area contributed by atoms with Gasteiger partial charge in [-0.2, -0.15) is 0 Å². The zero-order valence-electron chi connectivity index (χ0n) is 4.44. The van der Waals surface area contributed by atoms with E-state index in [2.05, 4.69) is 11.3 Å². The summed E-state index contributed by atoms with van der Waals surface area (Å²) in [5.74, 6) is 1.69. The Bertz CT molecular complexity index is 108. The van der Waals surface area contributed by atoms with Crippen molar-refractivity contribution in [2.45, 2.75) is 6.42 Å². The number of ether oxygens (including phenoxy) is 1. The van der Waals surface area contributed by atoms with Crippen molar-refractivity contribution in [3.05, 3.63) is 6.58 Å². The first-order valence-corrected chi connectivity index (χ1v) is 2.15. The second-order valence-electron chi connectivity index (χ2n) is 1.15. The lowest BCUT2D eigenvalue weighted by Crippen LogP contribution is -2.18. The minimum absolute atomic E-state index is 0.0648. The Balaban J connectivity index is 0.000000145. The minimum atomic E-state index is -0.0648. The predicted molar refractivity (Wildman–Crippen MR) is 28.9 cm³/mol. The SMILES string of the molecule is C=C=N.O=C1CCO1. The van der Waals surface area contributed by atoms with E-state index in [0.717, 1.165) is 0 Å². The first-order valence-electron chi connectivity index (χ1n) is 2.15. The maximum Gasteiger partial charge on any atom is 0.309 e. The molecule has 1 aliphatic rings. The molecule has 0 atom stereocenters. The summed E-state index contributed by atoms with van der Waals surface area (Å²) in [4.78, 5) is 9.68. The van der Waals surface area contributed by atoms with Gasteiger partial charge in [0, 0.05) is 0 Å². The first kappa shape index (κ1) is 6.92. The number of hydrogen-bond acceptors (Lipinski definition) is 3. The Morgan fingerprint density at radius 2 is 2.12 bits per heavy atom. The highest BCUT2D eigenvalue weighted by molar-refractivity contribution is 5.73. The lowest BCUT2D eigenvalue weighted by Gasteiger charge is -2.09. The summed E-state index contributed by atoms with van der Waals surface area (Å²) in [6.07, 6.45) is 0.625. The molecule has 1 aliphatic heterocycles. The summed E-state index contributed by atoms with van der Waals surface area (Å²) in [5, 5.41) is 5.85. The molecular weight excluding hydrogens is 106 g/mol. The molecule has 44 valence electrons. The number of esters is 1. The molecule has 0 radical (unpaired) electrons. The molecule has 1 heterocycles. The normalized spacial score (nSPS) is 13.8. The van der Waals surface area contributed by atoms with Crippen LogP contribution in [-0.4, -0.2) is 18.4 Å². The monoisotopic (exact) mass is 113 g/mol. The van der Waals surface area contributed by atoms with Gasteiger partial charge in [0.2, 0.25) is 0 Å². The summed E-state index contributed by atoms with van der Waals surface area (Å²) < 4.78 is 4.29. The molecule has 3 nitrogen and oxygen atoms in total. The number of hydrogen-bond donors (Lipinski definition) is 1. The average Bonchev–Trinajstić information content (AvgIpc) is 1.64. The number of carbonyl (C=O) groups excluding carboxylic acids is 1. The standard InChI is InChI=1S/C3H4O2.C2H3N/c4-3-1-2-5-3;1-2-3/h1-2H2;3H,1H2. The number of rotatable bonds is 0. The Labute approximate surface area is 47.5 Å². The van der Waals surface area contributed by atoms with Crippen molar-refractivity contribution in [3.63, 3.8) is 0 Å². The van der Waals surface area contributed by atoms with Gasteiger partial charge in [0.15, 0.2) is 0 Å². The number of carbonyl (C=O) groups is 1. The van der Waals surface area contributed by atoms with Crippen LogP contribution >= 0.6 is 0 Å². The van der Waals surface area contributed by atoms with Gasteiger partial charge in [-0.1, -0.05) is 0 Å². The van der Waals surface area contributed by atoms with Crippen LogP contribution in [0, 0.1) is 5.41 Å². The maximum atomic E-state index is 9.68. The second-order valence-corrected chi connectivity index (χ2v) is 1.15. The molecule has 0 unspecified atom stereocenters. The van der Waals surface area contributed by atoms with Crippen LogP contribution in [0.1, 0.15) is 6.42 Å². The van der Waals surface area contributed by atoms with E-state index in [1.807, 2.05) is 0 Å². The Hall–Kier alpha value is -1.08. The minimum Gasteiger partial charge on any atom is -0.465 e. The van der Waals surface area contributed by atoms with Gasteiger partial charge in [0.25, 0.3) is 0 Å². The molecular formula is C5H7NO2. The van der Waals surface area contributed by atoms with Crippen molar-refractivity contribution in [2.75, 3.05) is 6.61 Å². The van der Waals surface area contributed by atoms with Crippen molar-refractivity contribution in [3.8, 4) is 0 Å². The van der Waals surface area contributed by atoms with E-state index in [-0.39, 0.29) is 5.97 Å². The van der Waals surface area contributed by atoms with Crippen molar-refractivity contribution in [1.29, 1.82) is 5.41 Å². The summed E-state index contributed by atoms with van der Waals surface area (Å²) >= 11 is 0. The molecule has 1 rings (SSSR count). The van der Waals surface area contributed by atoms with Crippen LogP contribution in [0.5, 0.6) is 0 Å². The smallest absolute Gasteiger partial charge is 0.309 e. The molecule has 8 heavy (non-hydrogen) atoms. The largest absolute Gasteiger partial charge is 0.465 e. The molecule has 0 bridgehead atoms. The van der Waals surface area contributed by atoms with Gasteiger partial charge >= 0.3 is 5.97 Å². The van der Waals surface area contributed by atoms with E-state index in [4.69, 9.17) is 5.41 Å². The van der Waals surface area contributed by atoms with Crippen molar-refractivity contribution in [2.24, 2.45) is 0 Å².